The minimum Gasteiger partial charge on any atom is -0.298 e. The Morgan fingerprint density at radius 3 is 2.77 bits per heavy atom. The van der Waals surface area contributed by atoms with E-state index in [1.165, 1.54) is 0 Å². The lowest BCUT2D eigenvalue weighted by Gasteiger charge is -2.03. The summed E-state index contributed by atoms with van der Waals surface area (Å²) in [5, 5.41) is 0.532. The van der Waals surface area contributed by atoms with Gasteiger partial charge in [-0.15, -0.1) is 24.2 Å². The number of rotatable bonds is 3. The summed E-state index contributed by atoms with van der Waals surface area (Å²) < 4.78 is 0. The van der Waals surface area contributed by atoms with Crippen molar-refractivity contribution in [3.8, 4) is 0 Å². The molecule has 70 valence electrons. The molecule has 0 amide bonds. The Kier molecular flexibility index (Phi) is 4.10. The molecule has 1 aromatic carbocycles. The van der Waals surface area contributed by atoms with Crippen LogP contribution in [0.4, 0.5) is 0 Å². The summed E-state index contributed by atoms with van der Waals surface area (Å²) in [7, 11) is 0. The number of hydrogen-bond acceptors (Lipinski definition) is 2. The number of benzene rings is 1. The molecule has 0 heterocycles. The molecule has 1 rings (SSSR count). The first-order valence-corrected chi connectivity index (χ1v) is 5.05. The zero-order valence-electron chi connectivity index (χ0n) is 6.76. The molecule has 4 heteroatoms. The lowest BCUT2D eigenvalue weighted by molar-refractivity contribution is -0.116. The maximum Gasteiger partial charge on any atom is 0.152 e. The maximum absolute atomic E-state index is 11.0. The van der Waals surface area contributed by atoms with E-state index in [1.54, 1.807) is 12.1 Å². The standard InChI is InChI=1S/C9H8Cl2OS/c10-5-7(12)4-6-2-1-3-8(13)9(6)11/h1-3,13H,4-5H2. The van der Waals surface area contributed by atoms with Gasteiger partial charge in [0.25, 0.3) is 0 Å². The molecule has 1 nitrogen and oxygen atoms in total. The lowest BCUT2D eigenvalue weighted by Crippen LogP contribution is -2.04. The highest BCUT2D eigenvalue weighted by atomic mass is 35.5. The van der Waals surface area contributed by atoms with Gasteiger partial charge in [0, 0.05) is 11.3 Å². The Labute approximate surface area is 92.4 Å². The van der Waals surface area contributed by atoms with E-state index < -0.39 is 0 Å². The third kappa shape index (κ3) is 2.90. The largest absolute Gasteiger partial charge is 0.298 e. The molecule has 0 fully saturated rings. The third-order valence-electron chi connectivity index (χ3n) is 1.59. The van der Waals surface area contributed by atoms with Crippen LogP contribution >= 0.6 is 35.8 Å². The Bertz CT molecular complexity index is 325. The molecule has 0 N–H and O–H groups in total. The highest BCUT2D eigenvalue weighted by Crippen LogP contribution is 2.24. The van der Waals surface area contributed by atoms with Gasteiger partial charge in [-0.2, -0.15) is 0 Å². The van der Waals surface area contributed by atoms with Crippen molar-refractivity contribution >= 4 is 41.6 Å². The van der Waals surface area contributed by atoms with E-state index in [1.807, 2.05) is 6.07 Å². The normalized spacial score (nSPS) is 10.1. The second-order valence-corrected chi connectivity index (χ2v) is 3.73. The molecule has 0 saturated heterocycles. The summed E-state index contributed by atoms with van der Waals surface area (Å²) in [5.41, 5.74) is 0.778. The van der Waals surface area contributed by atoms with Crippen molar-refractivity contribution < 1.29 is 4.79 Å². The Morgan fingerprint density at radius 1 is 1.46 bits per heavy atom. The second-order valence-electron chi connectivity index (χ2n) is 2.60. The number of hydrogen-bond donors (Lipinski definition) is 1. The number of alkyl halides is 1. The van der Waals surface area contributed by atoms with E-state index in [2.05, 4.69) is 12.6 Å². The third-order valence-corrected chi connectivity index (χ3v) is 2.84. The van der Waals surface area contributed by atoms with Crippen LogP contribution in [0.3, 0.4) is 0 Å². The van der Waals surface area contributed by atoms with Crippen molar-refractivity contribution in [2.24, 2.45) is 0 Å². The van der Waals surface area contributed by atoms with E-state index in [-0.39, 0.29) is 18.1 Å². The van der Waals surface area contributed by atoms with Crippen LogP contribution in [-0.4, -0.2) is 11.7 Å². The van der Waals surface area contributed by atoms with Crippen molar-refractivity contribution in [3.63, 3.8) is 0 Å². The van der Waals surface area contributed by atoms with Crippen molar-refractivity contribution in [2.45, 2.75) is 11.3 Å². The zero-order chi connectivity index (χ0) is 9.84. The van der Waals surface area contributed by atoms with Crippen LogP contribution < -0.4 is 0 Å². The Hall–Kier alpha value is -0.180. The molecule has 1 aromatic rings. The average molecular weight is 235 g/mol. The lowest BCUT2D eigenvalue weighted by atomic mass is 10.1. The first-order chi connectivity index (χ1) is 6.15. The van der Waals surface area contributed by atoms with Crippen LogP contribution in [0.2, 0.25) is 5.02 Å². The van der Waals surface area contributed by atoms with Crippen LogP contribution in [0.5, 0.6) is 0 Å². The second kappa shape index (κ2) is 4.89. The topological polar surface area (TPSA) is 17.1 Å². The molecule has 0 atom stereocenters. The fourth-order valence-corrected chi connectivity index (χ4v) is 1.48. The molecule has 0 aromatic heterocycles. The van der Waals surface area contributed by atoms with Gasteiger partial charge in [0.15, 0.2) is 5.78 Å². The number of carbonyl (C=O) groups excluding carboxylic acids is 1. The molecule has 0 unspecified atom stereocenters. The smallest absolute Gasteiger partial charge is 0.152 e. The van der Waals surface area contributed by atoms with Gasteiger partial charge in [-0.25, -0.2) is 0 Å². The molecule has 0 aliphatic rings. The molecule has 0 saturated carbocycles. The van der Waals surface area contributed by atoms with Gasteiger partial charge in [0.2, 0.25) is 0 Å². The number of carbonyl (C=O) groups is 1. The molecular formula is C9H8Cl2OS. The zero-order valence-corrected chi connectivity index (χ0v) is 9.16. The average Bonchev–Trinajstić information content (AvgIpc) is 2.13. The van der Waals surface area contributed by atoms with Crippen molar-refractivity contribution in [1.29, 1.82) is 0 Å². The van der Waals surface area contributed by atoms with Gasteiger partial charge >= 0.3 is 0 Å². The first kappa shape index (κ1) is 10.9. The molecule has 0 aliphatic carbocycles. The van der Waals surface area contributed by atoms with Crippen LogP contribution in [0.15, 0.2) is 23.1 Å². The minimum absolute atomic E-state index is 0.0210. The van der Waals surface area contributed by atoms with Gasteiger partial charge in [-0.05, 0) is 11.6 Å². The molecule has 0 radical (unpaired) electrons. The minimum atomic E-state index is -0.0394. The summed E-state index contributed by atoms with van der Waals surface area (Å²) in [5.74, 6) is -0.0184. The van der Waals surface area contributed by atoms with Gasteiger partial charge in [-0.1, -0.05) is 23.7 Å². The summed E-state index contributed by atoms with van der Waals surface area (Å²) in [6.45, 7) is 0. The molecule has 0 bridgehead atoms. The number of thiol groups is 1. The number of Topliss-reactive ketones (excluding diaryl/α,β-unsaturated/α-hetero) is 1. The van der Waals surface area contributed by atoms with Crippen LogP contribution in [0, 0.1) is 0 Å². The highest BCUT2D eigenvalue weighted by molar-refractivity contribution is 7.80. The Balaban J connectivity index is 2.89. The van der Waals surface area contributed by atoms with Gasteiger partial charge < -0.3 is 0 Å². The van der Waals surface area contributed by atoms with Gasteiger partial charge in [0.05, 0.1) is 10.9 Å². The van der Waals surface area contributed by atoms with Gasteiger partial charge in [-0.3, -0.25) is 4.79 Å². The van der Waals surface area contributed by atoms with Crippen LogP contribution in [0.25, 0.3) is 0 Å². The number of ketones is 1. The fourth-order valence-electron chi connectivity index (χ4n) is 0.962. The highest BCUT2D eigenvalue weighted by Gasteiger charge is 2.07. The Morgan fingerprint density at radius 2 is 2.15 bits per heavy atom. The predicted molar refractivity (Wildman–Crippen MR) is 58.1 cm³/mol. The molecule has 13 heavy (non-hydrogen) atoms. The number of halogens is 2. The first-order valence-electron chi connectivity index (χ1n) is 3.69. The molecule has 0 aliphatic heterocycles. The van der Waals surface area contributed by atoms with Crippen LogP contribution in [-0.2, 0) is 11.2 Å². The van der Waals surface area contributed by atoms with E-state index in [0.717, 1.165) is 5.56 Å². The quantitative estimate of drug-likeness (QED) is 0.629. The molecule has 0 spiro atoms. The summed E-state index contributed by atoms with van der Waals surface area (Å²) in [6, 6.07) is 5.39. The summed E-state index contributed by atoms with van der Waals surface area (Å²) in [6.07, 6.45) is 0.275. The monoisotopic (exact) mass is 234 g/mol. The predicted octanol–water partition coefficient (Wildman–Crippen LogP) is 2.98. The van der Waals surface area contributed by atoms with E-state index in [9.17, 15) is 4.79 Å². The van der Waals surface area contributed by atoms with Crippen molar-refractivity contribution in [2.75, 3.05) is 5.88 Å². The summed E-state index contributed by atoms with van der Waals surface area (Å²) in [4.78, 5) is 11.7. The molecular weight excluding hydrogens is 227 g/mol. The fraction of sp³-hybridized carbons (Fsp3) is 0.222. The van der Waals surface area contributed by atoms with Crippen molar-refractivity contribution in [1.82, 2.24) is 0 Å². The van der Waals surface area contributed by atoms with E-state index in [4.69, 9.17) is 23.2 Å². The SMILES string of the molecule is O=C(CCl)Cc1cccc(S)c1Cl. The maximum atomic E-state index is 11.0. The van der Waals surface area contributed by atoms with Gasteiger partial charge in [0.1, 0.15) is 0 Å². The van der Waals surface area contributed by atoms with E-state index >= 15 is 0 Å². The van der Waals surface area contributed by atoms with Crippen LogP contribution in [0.1, 0.15) is 5.56 Å². The summed E-state index contributed by atoms with van der Waals surface area (Å²) >= 11 is 15.4. The van der Waals surface area contributed by atoms with Crippen molar-refractivity contribution in [3.05, 3.63) is 28.8 Å². The van der Waals surface area contributed by atoms with E-state index in [0.29, 0.717) is 9.92 Å².